The number of fused-ring (bicyclic) bond motifs is 1. The minimum absolute atomic E-state index is 0.0331. The van der Waals surface area contributed by atoms with Crippen LogP contribution in [0.25, 0.3) is 10.9 Å². The van der Waals surface area contributed by atoms with Gasteiger partial charge in [0, 0.05) is 35.4 Å². The lowest BCUT2D eigenvalue weighted by molar-refractivity contribution is 0.584. The highest BCUT2D eigenvalue weighted by Crippen LogP contribution is 2.37. The van der Waals surface area contributed by atoms with E-state index in [2.05, 4.69) is 43.1 Å². The van der Waals surface area contributed by atoms with E-state index in [9.17, 15) is 9.65 Å². The van der Waals surface area contributed by atoms with Crippen LogP contribution in [0.3, 0.4) is 0 Å². The highest BCUT2D eigenvalue weighted by atomic mass is 35.5. The number of nitrogens with zero attached hydrogens (tertiary/aromatic N) is 3. The molecule has 0 saturated carbocycles. The topological polar surface area (TPSA) is 110 Å². The predicted molar refractivity (Wildman–Crippen MR) is 132 cm³/mol. The number of anilines is 3. The molecular weight excluding hydrogens is 498 g/mol. The van der Waals surface area contributed by atoms with Crippen LogP contribution in [-0.2, 0) is 0 Å². The van der Waals surface area contributed by atoms with Gasteiger partial charge in [0.15, 0.2) is 0 Å². The molecule has 5 N–H and O–H groups in total. The van der Waals surface area contributed by atoms with Gasteiger partial charge in [-0.05, 0) is 30.3 Å². The number of thiazole rings is 1. The van der Waals surface area contributed by atoms with Crippen molar-refractivity contribution in [1.82, 2.24) is 26.4 Å². The van der Waals surface area contributed by atoms with Gasteiger partial charge < -0.3 is 21.5 Å². The predicted octanol–water partition coefficient (Wildman–Crippen LogP) is 5.36. The fourth-order valence-corrected chi connectivity index (χ4v) is 4.67. The summed E-state index contributed by atoms with van der Waals surface area (Å²) >= 11 is 14.0. The molecule has 3 heterocycles. The lowest BCUT2D eigenvalue weighted by atomic mass is 10.1. The zero-order chi connectivity index (χ0) is 23.7. The fraction of sp³-hybridized carbons (Fsp3) is 0.0455. The maximum absolute atomic E-state index is 13.6. The van der Waals surface area contributed by atoms with Crippen molar-refractivity contribution in [3.8, 4) is 6.07 Å². The minimum Gasteiger partial charge on any atom is -0.372 e. The summed E-state index contributed by atoms with van der Waals surface area (Å²) in [6.45, 7) is 0. The van der Waals surface area contributed by atoms with Crippen LogP contribution in [0.2, 0.25) is 10.0 Å². The molecule has 8 nitrogen and oxygen atoms in total. The van der Waals surface area contributed by atoms with E-state index in [1.54, 1.807) is 24.0 Å². The number of rotatable bonds is 6. The molecule has 1 aliphatic heterocycles. The smallest absolute Gasteiger partial charge is 0.141 e. The summed E-state index contributed by atoms with van der Waals surface area (Å²) in [4.78, 5) is 9.53. The molecule has 0 bridgehead atoms. The van der Waals surface area contributed by atoms with E-state index >= 15 is 0 Å². The summed E-state index contributed by atoms with van der Waals surface area (Å²) < 4.78 is 13.6. The molecule has 0 radical (unpaired) electrons. The second kappa shape index (κ2) is 9.32. The average molecular weight is 513 g/mol. The number of nitrogens with one attached hydrogen (secondary N) is 5. The van der Waals surface area contributed by atoms with Crippen LogP contribution in [0.15, 0.2) is 60.1 Å². The minimum atomic E-state index is -0.533. The number of benzene rings is 2. The van der Waals surface area contributed by atoms with Crippen molar-refractivity contribution in [3.05, 3.63) is 86.4 Å². The van der Waals surface area contributed by atoms with Crippen LogP contribution >= 0.6 is 34.5 Å². The van der Waals surface area contributed by atoms with Gasteiger partial charge in [-0.3, -0.25) is 9.97 Å². The monoisotopic (exact) mass is 512 g/mol. The van der Waals surface area contributed by atoms with Crippen LogP contribution in [0.4, 0.5) is 21.5 Å². The van der Waals surface area contributed by atoms with Gasteiger partial charge in [0.2, 0.25) is 0 Å². The third-order valence-corrected chi connectivity index (χ3v) is 6.52. The van der Waals surface area contributed by atoms with Gasteiger partial charge >= 0.3 is 0 Å². The lowest BCUT2D eigenvalue weighted by Crippen LogP contribution is -2.33. The van der Waals surface area contributed by atoms with Gasteiger partial charge in [-0.1, -0.05) is 23.2 Å². The number of pyridine rings is 1. The first-order chi connectivity index (χ1) is 16.5. The van der Waals surface area contributed by atoms with Gasteiger partial charge in [0.1, 0.15) is 17.9 Å². The van der Waals surface area contributed by atoms with Crippen molar-refractivity contribution < 1.29 is 4.39 Å². The maximum atomic E-state index is 13.6. The zero-order valence-electron chi connectivity index (χ0n) is 17.2. The molecule has 0 amide bonds. The van der Waals surface area contributed by atoms with E-state index in [1.165, 1.54) is 35.7 Å². The number of hydrogen-bond donors (Lipinski definition) is 5. The Labute approximate surface area is 207 Å². The van der Waals surface area contributed by atoms with Gasteiger partial charge in [0.25, 0.3) is 0 Å². The van der Waals surface area contributed by atoms with E-state index in [-0.39, 0.29) is 11.1 Å². The van der Waals surface area contributed by atoms with Crippen LogP contribution in [0.1, 0.15) is 16.5 Å². The number of hydrazine groups is 2. The Hall–Kier alpha value is -3.62. The maximum Gasteiger partial charge on any atom is 0.141 e. The molecule has 4 aromatic rings. The zero-order valence-corrected chi connectivity index (χ0v) is 19.5. The molecule has 2 aromatic carbocycles. The highest BCUT2D eigenvalue weighted by Gasteiger charge is 2.22. The average Bonchev–Trinajstić information content (AvgIpc) is 3.55. The number of hydrogen-bond acceptors (Lipinski definition) is 9. The fourth-order valence-electron chi connectivity index (χ4n) is 3.53. The molecule has 12 heteroatoms. The van der Waals surface area contributed by atoms with E-state index in [0.29, 0.717) is 38.6 Å². The molecule has 34 heavy (non-hydrogen) atoms. The van der Waals surface area contributed by atoms with E-state index < -0.39 is 5.82 Å². The van der Waals surface area contributed by atoms with Crippen molar-refractivity contribution >= 4 is 62.5 Å². The van der Waals surface area contributed by atoms with Crippen LogP contribution in [0, 0.1) is 17.1 Å². The Morgan fingerprint density at radius 1 is 1.12 bits per heavy atom. The van der Waals surface area contributed by atoms with E-state index in [0.717, 1.165) is 10.6 Å². The Morgan fingerprint density at radius 3 is 2.68 bits per heavy atom. The number of halogens is 3. The van der Waals surface area contributed by atoms with Gasteiger partial charge in [-0.15, -0.1) is 11.3 Å². The van der Waals surface area contributed by atoms with Crippen LogP contribution in [0.5, 0.6) is 0 Å². The lowest BCUT2D eigenvalue weighted by Gasteiger charge is -2.21. The van der Waals surface area contributed by atoms with Crippen LogP contribution < -0.4 is 27.0 Å². The molecule has 0 unspecified atom stereocenters. The van der Waals surface area contributed by atoms with E-state index in [4.69, 9.17) is 23.2 Å². The van der Waals surface area contributed by atoms with Crippen molar-refractivity contribution in [1.29, 1.82) is 5.26 Å². The molecular formula is C22H15Cl2FN8S. The summed E-state index contributed by atoms with van der Waals surface area (Å²) in [6, 6.07) is 9.76. The third-order valence-electron chi connectivity index (χ3n) is 5.10. The quantitative estimate of drug-likeness (QED) is 0.235. The molecule has 5 rings (SSSR count). The summed E-state index contributed by atoms with van der Waals surface area (Å²) in [6.07, 6.45) is 5.03. The van der Waals surface area contributed by atoms with Gasteiger partial charge in [0.05, 0.1) is 42.9 Å². The van der Waals surface area contributed by atoms with Crippen molar-refractivity contribution in [3.63, 3.8) is 0 Å². The Bertz CT molecular complexity index is 1450. The normalized spacial score (nSPS) is 13.5. The summed E-state index contributed by atoms with van der Waals surface area (Å²) in [5.41, 5.74) is 13.9. The van der Waals surface area contributed by atoms with Crippen molar-refractivity contribution in [2.45, 2.75) is 6.04 Å². The largest absolute Gasteiger partial charge is 0.372 e. The molecule has 1 aliphatic rings. The summed E-state index contributed by atoms with van der Waals surface area (Å²) in [5, 5.41) is 17.3. The Morgan fingerprint density at radius 2 is 1.97 bits per heavy atom. The van der Waals surface area contributed by atoms with E-state index in [1.807, 2.05) is 6.07 Å². The Kier molecular flexibility index (Phi) is 6.08. The molecule has 1 atom stereocenters. The summed E-state index contributed by atoms with van der Waals surface area (Å²) in [7, 11) is 0. The van der Waals surface area contributed by atoms with Crippen LogP contribution in [-0.4, -0.2) is 9.97 Å². The Balaban J connectivity index is 1.59. The summed E-state index contributed by atoms with van der Waals surface area (Å²) in [5.74, 6) is -0.533. The first-order valence-electron chi connectivity index (χ1n) is 9.89. The van der Waals surface area contributed by atoms with Crippen molar-refractivity contribution in [2.24, 2.45) is 0 Å². The second-order valence-corrected chi connectivity index (χ2v) is 8.97. The first-order valence-corrected chi connectivity index (χ1v) is 11.5. The molecule has 0 saturated heterocycles. The van der Waals surface area contributed by atoms with Gasteiger partial charge in [-0.25, -0.2) is 4.39 Å². The van der Waals surface area contributed by atoms with Crippen molar-refractivity contribution in [2.75, 3.05) is 10.6 Å². The second-order valence-electron chi connectivity index (χ2n) is 7.24. The molecule has 0 fully saturated rings. The standard InChI is InChI=1S/C22H15Cl2FN8S/c23-15-4-12(1-2-17(15)25)30-20-11(6-26)7-28-21-14(20)3-13(5-16(21)24)31-22(18-8-29-33-32-18)19-9-27-10-34-19/h1-5,7-10,22,29,31-33H,(H,28,30)/t22-/m1/s1. The molecule has 0 aliphatic carbocycles. The first kappa shape index (κ1) is 22.2. The molecule has 0 spiro atoms. The number of aromatic nitrogens is 2. The molecule has 2 aromatic heterocycles. The SMILES string of the molecule is N#Cc1cnc2c(Cl)cc(N[C@H](C3=CNNN3)c3cncs3)cc2c1Nc1ccc(F)c(Cl)c1. The van der Waals surface area contributed by atoms with Gasteiger partial charge in [-0.2, -0.15) is 10.8 Å². The highest BCUT2D eigenvalue weighted by molar-refractivity contribution is 7.09. The third kappa shape index (κ3) is 4.30. The number of nitriles is 1. The molecule has 170 valence electrons.